The lowest BCUT2D eigenvalue weighted by Crippen LogP contribution is -2.62. The summed E-state index contributed by atoms with van der Waals surface area (Å²) in [5.74, 6) is -0.989. The molecule has 2 aliphatic heterocycles. The number of carbonyl (C=O) groups is 2. The Morgan fingerprint density at radius 2 is 1.98 bits per heavy atom. The van der Waals surface area contributed by atoms with Gasteiger partial charge in [-0.25, -0.2) is 4.39 Å². The second-order valence-corrected chi connectivity index (χ2v) is 11.1. The molecule has 9 nitrogen and oxygen atoms in total. The molecule has 2 aliphatic rings. The molecule has 0 unspecified atom stereocenters. The van der Waals surface area contributed by atoms with Crippen LogP contribution in [0.1, 0.15) is 86.9 Å². The molecule has 4 rings (SSSR count). The van der Waals surface area contributed by atoms with E-state index in [1.807, 2.05) is 19.9 Å². The number of para-hydroxylation sites is 1. The number of aliphatic hydroxyl groups is 1. The van der Waals surface area contributed by atoms with E-state index in [-0.39, 0.29) is 30.5 Å². The Morgan fingerprint density at radius 1 is 1.27 bits per heavy atom. The quantitative estimate of drug-likeness (QED) is 0.368. The number of benzene rings is 2. The minimum absolute atomic E-state index is 0.0341. The van der Waals surface area contributed by atoms with Crippen molar-refractivity contribution in [1.82, 2.24) is 15.5 Å². The highest BCUT2D eigenvalue weighted by Crippen LogP contribution is 2.40. The minimum Gasteiger partial charge on any atom is -0.485 e. The summed E-state index contributed by atoms with van der Waals surface area (Å²) in [6.07, 6.45) is 0.782. The number of methoxy groups -OCH3 is 1. The number of rotatable bonds is 9. The number of carbonyl (C=O) groups excluding carboxylic acids is 2. The Balaban J connectivity index is 1.66. The number of hydrogen-bond donors (Lipinski definition) is 4. The Bertz CT molecular complexity index is 1260. The number of guanidine groups is 1. The van der Waals surface area contributed by atoms with Gasteiger partial charge in [0.25, 0.3) is 5.91 Å². The summed E-state index contributed by atoms with van der Waals surface area (Å²) in [7, 11) is 1.53. The maximum atomic E-state index is 15.0. The number of ether oxygens (including phenoxy) is 2. The van der Waals surface area contributed by atoms with Gasteiger partial charge in [-0.15, -0.1) is 0 Å². The number of halogens is 1. The van der Waals surface area contributed by atoms with Crippen LogP contribution < -0.4 is 15.4 Å². The van der Waals surface area contributed by atoms with Crippen molar-refractivity contribution in [2.75, 3.05) is 13.7 Å². The molecule has 216 valence electrons. The second kappa shape index (κ2) is 11.5. The summed E-state index contributed by atoms with van der Waals surface area (Å²) >= 11 is 0. The third-order valence-corrected chi connectivity index (χ3v) is 8.15. The van der Waals surface area contributed by atoms with Gasteiger partial charge in [0.05, 0.1) is 18.5 Å². The molecule has 1 fully saturated rings. The Morgan fingerprint density at radius 3 is 2.62 bits per heavy atom. The van der Waals surface area contributed by atoms with Crippen LogP contribution in [-0.2, 0) is 9.53 Å². The lowest BCUT2D eigenvalue weighted by molar-refractivity contribution is -0.133. The monoisotopic (exact) mass is 554 g/mol. The summed E-state index contributed by atoms with van der Waals surface area (Å²) in [5.41, 5.74) is -0.453. The molecule has 3 atom stereocenters. The molecule has 2 amide bonds. The van der Waals surface area contributed by atoms with E-state index in [0.29, 0.717) is 36.1 Å². The summed E-state index contributed by atoms with van der Waals surface area (Å²) < 4.78 is 26.2. The Hall–Kier alpha value is -3.50. The molecule has 2 aromatic carbocycles. The minimum atomic E-state index is -1.07. The van der Waals surface area contributed by atoms with Crippen LogP contribution >= 0.6 is 0 Å². The fourth-order valence-electron chi connectivity index (χ4n) is 5.60. The van der Waals surface area contributed by atoms with Crippen molar-refractivity contribution in [3.63, 3.8) is 0 Å². The van der Waals surface area contributed by atoms with E-state index in [9.17, 15) is 14.7 Å². The van der Waals surface area contributed by atoms with Crippen molar-refractivity contribution in [3.05, 3.63) is 65.0 Å². The predicted octanol–water partition coefficient (Wildman–Crippen LogP) is 4.22. The first-order valence-corrected chi connectivity index (χ1v) is 13.7. The maximum absolute atomic E-state index is 15.0. The van der Waals surface area contributed by atoms with Crippen LogP contribution in [-0.4, -0.2) is 58.7 Å². The fourth-order valence-corrected chi connectivity index (χ4v) is 5.60. The van der Waals surface area contributed by atoms with Gasteiger partial charge in [-0.2, -0.15) is 0 Å². The molecule has 1 saturated heterocycles. The number of aliphatic hydroxyl groups excluding tert-OH is 1. The van der Waals surface area contributed by atoms with Crippen molar-refractivity contribution < 1.29 is 28.6 Å². The van der Waals surface area contributed by atoms with Crippen LogP contribution in [0.2, 0.25) is 0 Å². The highest BCUT2D eigenvalue weighted by Gasteiger charge is 2.44. The summed E-state index contributed by atoms with van der Waals surface area (Å²) in [6.45, 7) is 7.67. The molecule has 0 bridgehead atoms. The lowest BCUT2D eigenvalue weighted by atomic mass is 9.85. The van der Waals surface area contributed by atoms with Crippen molar-refractivity contribution in [1.29, 1.82) is 5.41 Å². The molecule has 0 saturated carbocycles. The van der Waals surface area contributed by atoms with Crippen LogP contribution in [0.15, 0.2) is 42.5 Å². The first-order valence-electron chi connectivity index (χ1n) is 13.7. The third kappa shape index (κ3) is 5.69. The first kappa shape index (κ1) is 29.5. The molecule has 0 aliphatic carbocycles. The average Bonchev–Trinajstić information content (AvgIpc) is 2.91. The molecule has 4 N–H and O–H groups in total. The van der Waals surface area contributed by atoms with Gasteiger partial charge in [0, 0.05) is 30.4 Å². The zero-order valence-corrected chi connectivity index (χ0v) is 23.7. The Kier molecular flexibility index (Phi) is 8.51. The van der Waals surface area contributed by atoms with E-state index < -0.39 is 41.1 Å². The molecular weight excluding hydrogens is 515 g/mol. The van der Waals surface area contributed by atoms with Gasteiger partial charge in [-0.1, -0.05) is 32.0 Å². The second-order valence-electron chi connectivity index (χ2n) is 11.1. The van der Waals surface area contributed by atoms with Crippen LogP contribution in [0.5, 0.6) is 5.75 Å². The maximum Gasteiger partial charge on any atom is 0.251 e. The van der Waals surface area contributed by atoms with Crippen LogP contribution in [0, 0.1) is 11.2 Å². The van der Waals surface area contributed by atoms with E-state index in [0.717, 1.165) is 6.07 Å². The van der Waals surface area contributed by atoms with E-state index in [2.05, 4.69) is 10.6 Å². The number of nitrogens with zero attached hydrogens (tertiary/aromatic N) is 1. The molecule has 2 heterocycles. The molecule has 2 aromatic rings. The van der Waals surface area contributed by atoms with Crippen molar-refractivity contribution in [3.8, 4) is 5.75 Å². The van der Waals surface area contributed by atoms with Crippen LogP contribution in [0.3, 0.4) is 0 Å². The highest BCUT2D eigenvalue weighted by atomic mass is 19.1. The van der Waals surface area contributed by atoms with Gasteiger partial charge in [-0.05, 0) is 62.9 Å². The van der Waals surface area contributed by atoms with Crippen molar-refractivity contribution in [2.45, 2.75) is 82.7 Å². The molecular formula is C30H39FN4O5. The molecule has 0 spiro atoms. The predicted molar refractivity (Wildman–Crippen MR) is 149 cm³/mol. The Labute approximate surface area is 234 Å². The van der Waals surface area contributed by atoms with Crippen LogP contribution in [0.4, 0.5) is 4.39 Å². The lowest BCUT2D eigenvalue weighted by Gasteiger charge is -2.45. The molecule has 0 aromatic heterocycles. The van der Waals surface area contributed by atoms with Crippen molar-refractivity contribution in [2.24, 2.45) is 0 Å². The highest BCUT2D eigenvalue weighted by molar-refractivity contribution is 6.00. The first-order chi connectivity index (χ1) is 18.9. The number of nitrogens with one attached hydrogen (secondary N) is 3. The van der Waals surface area contributed by atoms with E-state index >= 15 is 4.39 Å². The van der Waals surface area contributed by atoms with E-state index in [4.69, 9.17) is 14.9 Å². The van der Waals surface area contributed by atoms with Gasteiger partial charge in [0.1, 0.15) is 23.3 Å². The van der Waals surface area contributed by atoms with Gasteiger partial charge in [-0.3, -0.25) is 19.9 Å². The van der Waals surface area contributed by atoms with Gasteiger partial charge in [0.15, 0.2) is 5.96 Å². The molecule has 10 heteroatoms. The SMILES string of the molecule is CCC1(CC)CC(=O)N([C@H](CCOC)c2cc(F)cc(C(=O)N[C@@H]3c4ccccc4OC(C)(C)[C@H]3O)c2)C(=N)N1. The van der Waals surface area contributed by atoms with Gasteiger partial charge >= 0.3 is 0 Å². The smallest absolute Gasteiger partial charge is 0.251 e. The van der Waals surface area contributed by atoms with E-state index in [1.165, 1.54) is 24.1 Å². The van der Waals surface area contributed by atoms with Gasteiger partial charge < -0.3 is 25.2 Å². The van der Waals surface area contributed by atoms with Gasteiger partial charge in [0.2, 0.25) is 5.91 Å². The number of fused-ring (bicyclic) bond motifs is 1. The number of hydrogen-bond acceptors (Lipinski definition) is 6. The number of amides is 2. The molecule has 0 radical (unpaired) electrons. The average molecular weight is 555 g/mol. The third-order valence-electron chi connectivity index (χ3n) is 8.15. The van der Waals surface area contributed by atoms with Crippen LogP contribution in [0.25, 0.3) is 0 Å². The zero-order valence-electron chi connectivity index (χ0n) is 23.7. The van der Waals surface area contributed by atoms with Crippen molar-refractivity contribution >= 4 is 17.8 Å². The van der Waals surface area contributed by atoms with E-state index in [1.54, 1.807) is 32.0 Å². The summed E-state index contributed by atoms with van der Waals surface area (Å²) in [4.78, 5) is 28.2. The summed E-state index contributed by atoms with van der Waals surface area (Å²) in [6, 6.07) is 9.55. The summed E-state index contributed by atoms with van der Waals surface area (Å²) in [5, 5.41) is 25.8. The molecule has 40 heavy (non-hydrogen) atoms. The normalized spacial score (nSPS) is 22.1. The topological polar surface area (TPSA) is 124 Å². The largest absolute Gasteiger partial charge is 0.485 e. The fraction of sp³-hybridized carbons (Fsp3) is 0.500. The zero-order chi connectivity index (χ0) is 29.2. The standard InChI is InChI=1S/C30H39FN4O5/c1-6-30(7-2)17-24(36)35(28(32)34-30)22(12-13-39-5)18-14-19(16-20(31)15-18)27(38)33-25-21-10-8-9-11-23(21)40-29(3,4)26(25)37/h8-11,14-16,22,25-26,37H,6-7,12-13,17H2,1-5H3,(H2,32,34)(H,33,38)/t22-,25-,26+/m1/s1.